The maximum absolute atomic E-state index is 13.0. The largest absolute Gasteiger partial charge is 0.493 e. The Morgan fingerprint density at radius 1 is 1.20 bits per heavy atom. The molecule has 0 aliphatic heterocycles. The average Bonchev–Trinajstić information content (AvgIpc) is 2.40. The molecule has 0 spiro atoms. The van der Waals surface area contributed by atoms with Crippen molar-refractivity contribution in [2.45, 2.75) is 38.9 Å². The molecule has 0 saturated heterocycles. The fourth-order valence-corrected chi connectivity index (χ4v) is 1.88. The van der Waals surface area contributed by atoms with Gasteiger partial charge < -0.3 is 14.6 Å². The van der Waals surface area contributed by atoms with Crippen molar-refractivity contribution in [1.82, 2.24) is 0 Å². The number of hydrogen-bond acceptors (Lipinski definition) is 3. The van der Waals surface area contributed by atoms with Gasteiger partial charge in [-0.3, -0.25) is 0 Å². The van der Waals surface area contributed by atoms with Gasteiger partial charge >= 0.3 is 0 Å². The molecule has 0 heterocycles. The van der Waals surface area contributed by atoms with Gasteiger partial charge in [0.25, 0.3) is 0 Å². The van der Waals surface area contributed by atoms with Crippen LogP contribution >= 0.6 is 0 Å². The van der Waals surface area contributed by atoms with Crippen LogP contribution in [0, 0.1) is 17.6 Å². The fraction of sp³-hybridized carbons (Fsp3) is 0.600. The standard InChI is InChI=1S/C15H22F2O3/c1-4-13(19-3)8-15(18)10(2)9-20-14-6-11(16)5-12(17)7-14/h5-7,10,13,15,18H,4,8-9H2,1-3H3. The summed E-state index contributed by atoms with van der Waals surface area (Å²) in [6.07, 6.45) is 0.739. The van der Waals surface area contributed by atoms with Gasteiger partial charge in [0.1, 0.15) is 17.4 Å². The molecule has 0 radical (unpaired) electrons. The van der Waals surface area contributed by atoms with Crippen LogP contribution in [-0.2, 0) is 4.74 Å². The van der Waals surface area contributed by atoms with Gasteiger partial charge in [0.15, 0.2) is 0 Å². The maximum atomic E-state index is 13.0. The van der Waals surface area contributed by atoms with Gasteiger partial charge in [-0.1, -0.05) is 13.8 Å². The van der Waals surface area contributed by atoms with E-state index in [1.54, 1.807) is 7.11 Å². The van der Waals surface area contributed by atoms with Crippen molar-refractivity contribution in [2.24, 2.45) is 5.92 Å². The minimum absolute atomic E-state index is 0.000867. The summed E-state index contributed by atoms with van der Waals surface area (Å²) in [5.41, 5.74) is 0. The number of rotatable bonds is 8. The van der Waals surface area contributed by atoms with Gasteiger partial charge in [-0.05, 0) is 12.8 Å². The molecule has 5 heteroatoms. The van der Waals surface area contributed by atoms with Gasteiger partial charge in [0, 0.05) is 31.2 Å². The lowest BCUT2D eigenvalue weighted by Gasteiger charge is -2.23. The molecular formula is C15H22F2O3. The summed E-state index contributed by atoms with van der Waals surface area (Å²) in [6, 6.07) is 3.02. The second-order valence-electron chi connectivity index (χ2n) is 4.96. The van der Waals surface area contributed by atoms with E-state index in [1.165, 1.54) is 0 Å². The van der Waals surface area contributed by atoms with Gasteiger partial charge in [-0.15, -0.1) is 0 Å². The Labute approximate surface area is 118 Å². The van der Waals surface area contributed by atoms with Crippen LogP contribution in [-0.4, -0.2) is 31.0 Å². The molecule has 3 atom stereocenters. The minimum Gasteiger partial charge on any atom is -0.493 e. The molecule has 0 aliphatic rings. The zero-order valence-electron chi connectivity index (χ0n) is 12.1. The summed E-state index contributed by atoms with van der Waals surface area (Å²) in [6.45, 7) is 3.99. The first-order chi connectivity index (χ1) is 9.46. The van der Waals surface area contributed by atoms with Gasteiger partial charge in [-0.2, -0.15) is 0 Å². The molecule has 1 aromatic rings. The van der Waals surface area contributed by atoms with E-state index in [4.69, 9.17) is 9.47 Å². The molecule has 0 fully saturated rings. The Bertz CT molecular complexity index is 388. The van der Waals surface area contributed by atoms with Crippen molar-refractivity contribution in [3.63, 3.8) is 0 Å². The first-order valence-corrected chi connectivity index (χ1v) is 6.76. The fourth-order valence-electron chi connectivity index (χ4n) is 1.88. The van der Waals surface area contributed by atoms with Crippen molar-refractivity contribution >= 4 is 0 Å². The highest BCUT2D eigenvalue weighted by atomic mass is 19.1. The number of ether oxygens (including phenoxy) is 2. The zero-order chi connectivity index (χ0) is 15.1. The molecule has 1 aromatic carbocycles. The molecular weight excluding hydrogens is 266 g/mol. The van der Waals surface area contributed by atoms with Gasteiger partial charge in [-0.25, -0.2) is 8.78 Å². The first-order valence-electron chi connectivity index (χ1n) is 6.76. The summed E-state index contributed by atoms with van der Waals surface area (Å²) in [4.78, 5) is 0. The Balaban J connectivity index is 2.47. The molecule has 0 bridgehead atoms. The van der Waals surface area contributed by atoms with Crippen LogP contribution in [0.25, 0.3) is 0 Å². The molecule has 114 valence electrons. The first kappa shape index (κ1) is 16.9. The predicted octanol–water partition coefficient (Wildman–Crippen LogP) is 3.16. The van der Waals surface area contributed by atoms with E-state index < -0.39 is 17.7 Å². The third-order valence-corrected chi connectivity index (χ3v) is 3.30. The Morgan fingerprint density at radius 2 is 1.80 bits per heavy atom. The molecule has 0 aliphatic carbocycles. The monoisotopic (exact) mass is 288 g/mol. The summed E-state index contributed by atoms with van der Waals surface area (Å²) >= 11 is 0. The summed E-state index contributed by atoms with van der Waals surface area (Å²) in [7, 11) is 1.61. The Kier molecular flexibility index (Phi) is 6.88. The van der Waals surface area contributed by atoms with Crippen LogP contribution in [0.5, 0.6) is 5.75 Å². The van der Waals surface area contributed by atoms with E-state index in [9.17, 15) is 13.9 Å². The van der Waals surface area contributed by atoms with Crippen LogP contribution in [0.15, 0.2) is 18.2 Å². The van der Waals surface area contributed by atoms with Crippen molar-refractivity contribution in [3.05, 3.63) is 29.8 Å². The van der Waals surface area contributed by atoms with E-state index in [1.807, 2.05) is 13.8 Å². The molecule has 0 amide bonds. The number of halogens is 2. The average molecular weight is 288 g/mol. The van der Waals surface area contributed by atoms with Gasteiger partial charge in [0.2, 0.25) is 0 Å². The lowest BCUT2D eigenvalue weighted by molar-refractivity contribution is 0.0119. The number of benzene rings is 1. The van der Waals surface area contributed by atoms with E-state index in [2.05, 4.69) is 0 Å². The molecule has 1 N–H and O–H groups in total. The van der Waals surface area contributed by atoms with E-state index >= 15 is 0 Å². The highest BCUT2D eigenvalue weighted by molar-refractivity contribution is 5.23. The Morgan fingerprint density at radius 3 is 2.30 bits per heavy atom. The van der Waals surface area contributed by atoms with Gasteiger partial charge in [0.05, 0.1) is 18.8 Å². The van der Waals surface area contributed by atoms with E-state index in [-0.39, 0.29) is 24.4 Å². The highest BCUT2D eigenvalue weighted by Crippen LogP contribution is 2.18. The topological polar surface area (TPSA) is 38.7 Å². The summed E-state index contributed by atoms with van der Waals surface area (Å²) in [5, 5.41) is 10.0. The number of hydrogen-bond donors (Lipinski definition) is 1. The molecule has 20 heavy (non-hydrogen) atoms. The predicted molar refractivity (Wildman–Crippen MR) is 72.7 cm³/mol. The zero-order valence-corrected chi connectivity index (χ0v) is 12.1. The highest BCUT2D eigenvalue weighted by Gasteiger charge is 2.19. The van der Waals surface area contributed by atoms with Crippen LogP contribution in [0.3, 0.4) is 0 Å². The molecule has 3 nitrogen and oxygen atoms in total. The van der Waals surface area contributed by atoms with Crippen molar-refractivity contribution < 1.29 is 23.4 Å². The molecule has 0 aromatic heterocycles. The molecule has 1 rings (SSSR count). The number of methoxy groups -OCH3 is 1. The summed E-state index contributed by atoms with van der Waals surface area (Å²) < 4.78 is 36.5. The van der Waals surface area contributed by atoms with Crippen molar-refractivity contribution in [3.8, 4) is 5.75 Å². The molecule has 3 unspecified atom stereocenters. The number of aliphatic hydroxyl groups excluding tert-OH is 1. The van der Waals surface area contributed by atoms with Crippen LogP contribution in [0.1, 0.15) is 26.7 Å². The summed E-state index contributed by atoms with van der Waals surface area (Å²) in [5.74, 6) is -1.40. The lowest BCUT2D eigenvalue weighted by Crippen LogP contribution is -2.28. The second kappa shape index (κ2) is 8.17. The molecule has 0 saturated carbocycles. The number of aliphatic hydroxyl groups is 1. The van der Waals surface area contributed by atoms with Crippen LogP contribution in [0.2, 0.25) is 0 Å². The van der Waals surface area contributed by atoms with Crippen molar-refractivity contribution in [1.29, 1.82) is 0 Å². The van der Waals surface area contributed by atoms with Crippen molar-refractivity contribution in [2.75, 3.05) is 13.7 Å². The lowest BCUT2D eigenvalue weighted by atomic mass is 9.99. The van der Waals surface area contributed by atoms with Crippen LogP contribution < -0.4 is 4.74 Å². The Hall–Kier alpha value is -1.20. The smallest absolute Gasteiger partial charge is 0.129 e. The van der Waals surface area contributed by atoms with E-state index in [0.717, 1.165) is 24.6 Å². The van der Waals surface area contributed by atoms with E-state index in [0.29, 0.717) is 6.42 Å². The SMILES string of the molecule is CCC(CC(O)C(C)COc1cc(F)cc(F)c1)OC. The minimum atomic E-state index is -0.682. The second-order valence-corrected chi connectivity index (χ2v) is 4.96. The van der Waals surface area contributed by atoms with Crippen LogP contribution in [0.4, 0.5) is 8.78 Å². The third-order valence-electron chi connectivity index (χ3n) is 3.30. The quantitative estimate of drug-likeness (QED) is 0.798. The third kappa shape index (κ3) is 5.43. The maximum Gasteiger partial charge on any atom is 0.129 e. The normalized spacial score (nSPS) is 15.7.